The second kappa shape index (κ2) is 4.55. The van der Waals surface area contributed by atoms with Crippen LogP contribution in [0.4, 0.5) is 4.39 Å². The number of rotatable bonds is 2. The van der Waals surface area contributed by atoms with E-state index in [2.05, 4.69) is 9.97 Å². The minimum atomic E-state index is -0.522. The highest BCUT2D eigenvalue weighted by Crippen LogP contribution is 2.21. The Balaban J connectivity index is 2.50. The molecule has 6 heteroatoms. The van der Waals surface area contributed by atoms with E-state index >= 15 is 0 Å². The van der Waals surface area contributed by atoms with Gasteiger partial charge in [-0.3, -0.25) is 4.79 Å². The Bertz CT molecular complexity index is 613. The first-order chi connectivity index (χ1) is 8.11. The Morgan fingerprint density at radius 1 is 1.47 bits per heavy atom. The normalized spacial score (nSPS) is 10.3. The van der Waals surface area contributed by atoms with Crippen LogP contribution < -0.4 is 10.3 Å². The number of halogens is 2. The Labute approximate surface area is 101 Å². The van der Waals surface area contributed by atoms with Gasteiger partial charge >= 0.3 is 0 Å². The summed E-state index contributed by atoms with van der Waals surface area (Å²) in [6, 6.07) is 4.08. The predicted octanol–water partition coefficient (Wildman–Crippen LogP) is 2.24. The van der Waals surface area contributed by atoms with Gasteiger partial charge in [-0.2, -0.15) is 0 Å². The summed E-state index contributed by atoms with van der Waals surface area (Å²) < 4.78 is 17.8. The molecule has 0 spiro atoms. The molecule has 1 aromatic heterocycles. The molecule has 0 aliphatic rings. The largest absolute Gasteiger partial charge is 0.490 e. The van der Waals surface area contributed by atoms with Gasteiger partial charge in [0.05, 0.1) is 18.3 Å². The van der Waals surface area contributed by atoms with Gasteiger partial charge in [-0.1, -0.05) is 11.6 Å². The predicted molar refractivity (Wildman–Crippen MR) is 61.8 cm³/mol. The minimum Gasteiger partial charge on any atom is -0.490 e. The monoisotopic (exact) mass is 254 g/mol. The number of H-pyrrole nitrogens is 1. The number of aromatic amines is 1. The van der Waals surface area contributed by atoms with Crippen molar-refractivity contribution < 1.29 is 9.13 Å². The zero-order chi connectivity index (χ0) is 12.4. The summed E-state index contributed by atoms with van der Waals surface area (Å²) in [5, 5.41) is -0.0269. The van der Waals surface area contributed by atoms with E-state index in [0.29, 0.717) is 11.4 Å². The van der Waals surface area contributed by atoms with E-state index < -0.39 is 11.4 Å². The first kappa shape index (κ1) is 11.6. The second-order valence-electron chi connectivity index (χ2n) is 3.26. The summed E-state index contributed by atoms with van der Waals surface area (Å²) in [7, 11) is 1.38. The fourth-order valence-electron chi connectivity index (χ4n) is 1.32. The van der Waals surface area contributed by atoms with Crippen molar-refractivity contribution >= 4 is 11.6 Å². The van der Waals surface area contributed by atoms with E-state index in [1.54, 1.807) is 0 Å². The van der Waals surface area contributed by atoms with Crippen molar-refractivity contribution in [1.82, 2.24) is 9.97 Å². The molecule has 0 bridgehead atoms. The van der Waals surface area contributed by atoms with Crippen LogP contribution in [-0.2, 0) is 0 Å². The average molecular weight is 255 g/mol. The van der Waals surface area contributed by atoms with Gasteiger partial charge < -0.3 is 9.72 Å². The molecule has 2 aromatic rings. The number of hydrogen-bond acceptors (Lipinski definition) is 3. The quantitative estimate of drug-likeness (QED) is 0.894. The summed E-state index contributed by atoms with van der Waals surface area (Å²) in [6.45, 7) is 0. The first-order valence-corrected chi connectivity index (χ1v) is 5.08. The third-order valence-corrected chi connectivity index (χ3v) is 2.47. The number of nitrogens with zero attached hydrogens (tertiary/aromatic N) is 1. The van der Waals surface area contributed by atoms with Gasteiger partial charge in [0.25, 0.3) is 5.56 Å². The third-order valence-electron chi connectivity index (χ3n) is 2.18. The molecule has 1 heterocycles. The molecule has 1 aromatic carbocycles. The van der Waals surface area contributed by atoms with E-state index in [-0.39, 0.29) is 10.8 Å². The van der Waals surface area contributed by atoms with Crippen LogP contribution in [0, 0.1) is 5.82 Å². The molecule has 0 saturated carbocycles. The molecule has 4 nitrogen and oxygen atoms in total. The number of ether oxygens (including phenoxy) is 1. The maximum Gasteiger partial charge on any atom is 0.293 e. The van der Waals surface area contributed by atoms with E-state index in [9.17, 15) is 9.18 Å². The number of nitrogens with one attached hydrogen (secondary N) is 1. The lowest BCUT2D eigenvalue weighted by atomic mass is 10.2. The summed E-state index contributed by atoms with van der Waals surface area (Å²) in [5.74, 6) is -0.106. The number of hydrogen-bond donors (Lipinski definition) is 1. The summed E-state index contributed by atoms with van der Waals surface area (Å²) >= 11 is 5.64. The maximum absolute atomic E-state index is 13.0. The molecule has 17 heavy (non-hydrogen) atoms. The van der Waals surface area contributed by atoms with Crippen LogP contribution in [0.3, 0.4) is 0 Å². The zero-order valence-corrected chi connectivity index (χ0v) is 9.58. The highest BCUT2D eigenvalue weighted by atomic mass is 35.5. The van der Waals surface area contributed by atoms with Gasteiger partial charge in [0.15, 0.2) is 0 Å². The molecule has 0 fully saturated rings. The van der Waals surface area contributed by atoms with Crippen molar-refractivity contribution in [2.24, 2.45) is 0 Å². The summed E-state index contributed by atoms with van der Waals surface area (Å²) in [4.78, 5) is 18.0. The van der Waals surface area contributed by atoms with Crippen molar-refractivity contribution in [1.29, 1.82) is 0 Å². The molecule has 0 unspecified atom stereocenters. The van der Waals surface area contributed by atoms with Crippen LogP contribution in [0.25, 0.3) is 11.4 Å². The lowest BCUT2D eigenvalue weighted by molar-refractivity contribution is 0.406. The van der Waals surface area contributed by atoms with Crippen molar-refractivity contribution in [3.05, 3.63) is 45.6 Å². The molecule has 88 valence electrons. The Morgan fingerprint density at radius 2 is 2.24 bits per heavy atom. The molecule has 2 rings (SSSR count). The smallest absolute Gasteiger partial charge is 0.293 e. The third kappa shape index (κ3) is 2.29. The Kier molecular flexibility index (Phi) is 3.10. The van der Waals surface area contributed by atoms with E-state index in [4.69, 9.17) is 16.3 Å². The van der Waals surface area contributed by atoms with Crippen LogP contribution in [-0.4, -0.2) is 17.1 Å². The van der Waals surface area contributed by atoms with Gasteiger partial charge in [-0.05, 0) is 18.2 Å². The van der Waals surface area contributed by atoms with Crippen molar-refractivity contribution in [2.75, 3.05) is 7.11 Å². The van der Waals surface area contributed by atoms with Crippen molar-refractivity contribution in [2.45, 2.75) is 0 Å². The lowest BCUT2D eigenvalue weighted by Gasteiger charge is -2.03. The maximum atomic E-state index is 13.0. The number of methoxy groups -OCH3 is 1. The molecule has 0 atom stereocenters. The molecular formula is C11H8ClFN2O2. The van der Waals surface area contributed by atoms with E-state index in [0.717, 1.165) is 0 Å². The van der Waals surface area contributed by atoms with Gasteiger partial charge in [0, 0.05) is 5.56 Å². The van der Waals surface area contributed by atoms with Gasteiger partial charge in [-0.15, -0.1) is 0 Å². The van der Waals surface area contributed by atoms with Crippen LogP contribution in [0.5, 0.6) is 5.75 Å². The standard InChI is InChI=1S/C11H8ClFN2O2/c1-17-9-5-14-10(15-11(9)16)6-2-3-8(13)7(12)4-6/h2-5H,1H3,(H,14,15,16). The zero-order valence-electron chi connectivity index (χ0n) is 8.83. The molecule has 0 radical (unpaired) electrons. The molecule has 0 amide bonds. The van der Waals surface area contributed by atoms with Crippen LogP contribution >= 0.6 is 11.6 Å². The van der Waals surface area contributed by atoms with Gasteiger partial charge in [0.2, 0.25) is 5.75 Å². The molecule has 0 saturated heterocycles. The average Bonchev–Trinajstić information content (AvgIpc) is 2.32. The SMILES string of the molecule is COc1cnc(-c2ccc(F)c(Cl)c2)[nH]c1=O. The van der Waals surface area contributed by atoms with Crippen molar-refractivity contribution in [3.8, 4) is 17.1 Å². The fraction of sp³-hybridized carbons (Fsp3) is 0.0909. The van der Waals surface area contributed by atoms with Crippen LogP contribution in [0.15, 0.2) is 29.2 Å². The Hall–Kier alpha value is -1.88. The Morgan fingerprint density at radius 3 is 2.82 bits per heavy atom. The van der Waals surface area contributed by atoms with Crippen LogP contribution in [0.2, 0.25) is 5.02 Å². The number of aromatic nitrogens is 2. The highest BCUT2D eigenvalue weighted by Gasteiger charge is 2.07. The fourth-order valence-corrected chi connectivity index (χ4v) is 1.50. The van der Waals surface area contributed by atoms with Gasteiger partial charge in [0.1, 0.15) is 11.6 Å². The second-order valence-corrected chi connectivity index (χ2v) is 3.67. The molecule has 0 aliphatic carbocycles. The van der Waals surface area contributed by atoms with E-state index in [1.165, 1.54) is 31.5 Å². The van der Waals surface area contributed by atoms with Crippen molar-refractivity contribution in [3.63, 3.8) is 0 Å². The summed E-state index contributed by atoms with van der Waals surface area (Å²) in [6.07, 6.45) is 1.30. The van der Waals surface area contributed by atoms with Crippen LogP contribution in [0.1, 0.15) is 0 Å². The molecule has 0 aliphatic heterocycles. The minimum absolute atomic E-state index is 0.0269. The number of benzene rings is 1. The lowest BCUT2D eigenvalue weighted by Crippen LogP contribution is -2.11. The summed E-state index contributed by atoms with van der Waals surface area (Å²) in [5.41, 5.74) is 0.120. The van der Waals surface area contributed by atoms with E-state index in [1.807, 2.05) is 0 Å². The van der Waals surface area contributed by atoms with Gasteiger partial charge in [-0.25, -0.2) is 9.37 Å². The topological polar surface area (TPSA) is 55.0 Å². The first-order valence-electron chi connectivity index (χ1n) is 4.70. The molecular weight excluding hydrogens is 247 g/mol. The molecule has 1 N–H and O–H groups in total. The highest BCUT2D eigenvalue weighted by molar-refractivity contribution is 6.31.